The zero-order chi connectivity index (χ0) is 16.8. The molecule has 1 saturated heterocycles. The standard InChI is InChI=1S/C17H31N5S/c1-12(2)15(22-8-6-7-9-22)10-19-17(18-5)20-11-16-13(3)21-14(4)23-16/h12,15H,6-11H2,1-5H3,(H2,18,19,20). The van der Waals surface area contributed by atoms with Gasteiger partial charge in [0, 0.05) is 24.5 Å². The summed E-state index contributed by atoms with van der Waals surface area (Å²) < 4.78 is 0. The van der Waals surface area contributed by atoms with Crippen molar-refractivity contribution >= 4 is 17.3 Å². The Hall–Kier alpha value is -1.14. The molecule has 1 aliphatic heterocycles. The third-order valence-electron chi connectivity index (χ3n) is 4.50. The third kappa shape index (κ3) is 5.18. The van der Waals surface area contributed by atoms with E-state index in [2.05, 4.69) is 53.2 Å². The fourth-order valence-corrected chi connectivity index (χ4v) is 4.06. The van der Waals surface area contributed by atoms with Crippen molar-refractivity contribution in [1.29, 1.82) is 0 Å². The highest BCUT2D eigenvalue weighted by atomic mass is 32.1. The van der Waals surface area contributed by atoms with Crippen LogP contribution in [0.1, 0.15) is 42.3 Å². The molecule has 2 heterocycles. The Morgan fingerprint density at radius 2 is 1.96 bits per heavy atom. The van der Waals surface area contributed by atoms with Gasteiger partial charge in [-0.3, -0.25) is 9.89 Å². The van der Waals surface area contributed by atoms with Crippen LogP contribution in [0.4, 0.5) is 0 Å². The lowest BCUT2D eigenvalue weighted by molar-refractivity contribution is 0.192. The Balaban J connectivity index is 1.85. The third-order valence-corrected chi connectivity index (χ3v) is 5.57. The molecule has 2 N–H and O–H groups in total. The monoisotopic (exact) mass is 337 g/mol. The minimum atomic E-state index is 0.573. The molecule has 1 atom stereocenters. The van der Waals surface area contributed by atoms with E-state index < -0.39 is 0 Å². The summed E-state index contributed by atoms with van der Waals surface area (Å²) in [5, 5.41) is 8.04. The van der Waals surface area contributed by atoms with Crippen LogP contribution in [0, 0.1) is 19.8 Å². The van der Waals surface area contributed by atoms with Gasteiger partial charge in [-0.1, -0.05) is 13.8 Å². The van der Waals surface area contributed by atoms with Gasteiger partial charge >= 0.3 is 0 Å². The van der Waals surface area contributed by atoms with E-state index in [-0.39, 0.29) is 0 Å². The SMILES string of the molecule is CN=C(NCc1sc(C)nc1C)NCC(C(C)C)N1CCCC1. The van der Waals surface area contributed by atoms with Crippen LogP contribution in [0.15, 0.2) is 4.99 Å². The van der Waals surface area contributed by atoms with Crippen molar-refractivity contribution in [2.24, 2.45) is 10.9 Å². The number of thiazole rings is 1. The lowest BCUT2D eigenvalue weighted by Crippen LogP contribution is -2.48. The Labute approximate surface area is 144 Å². The molecule has 0 saturated carbocycles. The van der Waals surface area contributed by atoms with Crippen molar-refractivity contribution < 1.29 is 0 Å². The smallest absolute Gasteiger partial charge is 0.191 e. The Morgan fingerprint density at radius 1 is 1.26 bits per heavy atom. The fourth-order valence-electron chi connectivity index (χ4n) is 3.18. The van der Waals surface area contributed by atoms with Crippen LogP contribution in [-0.2, 0) is 6.54 Å². The van der Waals surface area contributed by atoms with Crippen LogP contribution in [0.25, 0.3) is 0 Å². The van der Waals surface area contributed by atoms with Gasteiger partial charge in [-0.2, -0.15) is 0 Å². The van der Waals surface area contributed by atoms with Crippen molar-refractivity contribution in [1.82, 2.24) is 20.5 Å². The first-order valence-electron chi connectivity index (χ1n) is 8.62. The van der Waals surface area contributed by atoms with Crippen LogP contribution in [0.5, 0.6) is 0 Å². The average Bonchev–Trinajstić information content (AvgIpc) is 3.12. The molecule has 0 radical (unpaired) electrons. The summed E-state index contributed by atoms with van der Waals surface area (Å²) in [4.78, 5) is 12.7. The Kier molecular flexibility index (Phi) is 6.84. The molecule has 0 aromatic carbocycles. The first-order chi connectivity index (χ1) is 11.0. The van der Waals surface area contributed by atoms with Gasteiger partial charge in [0.25, 0.3) is 0 Å². The first-order valence-corrected chi connectivity index (χ1v) is 9.44. The number of aryl methyl sites for hydroxylation is 2. The maximum atomic E-state index is 4.48. The zero-order valence-electron chi connectivity index (χ0n) is 15.1. The van der Waals surface area contributed by atoms with Crippen LogP contribution in [0.2, 0.25) is 0 Å². The number of aromatic nitrogens is 1. The molecule has 6 heteroatoms. The second-order valence-corrected chi connectivity index (χ2v) is 7.89. The van der Waals surface area contributed by atoms with Crippen LogP contribution in [-0.4, -0.2) is 48.6 Å². The van der Waals surface area contributed by atoms with Gasteiger partial charge < -0.3 is 10.6 Å². The Morgan fingerprint density at radius 3 is 2.48 bits per heavy atom. The van der Waals surface area contributed by atoms with Gasteiger partial charge in [-0.05, 0) is 45.7 Å². The molecule has 2 rings (SSSR count). The van der Waals surface area contributed by atoms with Gasteiger partial charge in [0.1, 0.15) is 0 Å². The predicted molar refractivity (Wildman–Crippen MR) is 99.2 cm³/mol. The number of hydrogen-bond acceptors (Lipinski definition) is 4. The van der Waals surface area contributed by atoms with Crippen molar-refractivity contribution in [2.75, 3.05) is 26.7 Å². The van der Waals surface area contributed by atoms with E-state index in [0.29, 0.717) is 12.0 Å². The van der Waals surface area contributed by atoms with E-state index in [1.54, 1.807) is 11.3 Å². The predicted octanol–water partition coefficient (Wildman–Crippen LogP) is 2.55. The van der Waals surface area contributed by atoms with E-state index in [0.717, 1.165) is 29.8 Å². The van der Waals surface area contributed by atoms with Gasteiger partial charge in [-0.25, -0.2) is 4.98 Å². The molecule has 1 aromatic heterocycles. The lowest BCUT2D eigenvalue weighted by atomic mass is 10.0. The molecular formula is C17H31N5S. The van der Waals surface area contributed by atoms with Crippen molar-refractivity contribution in [3.63, 3.8) is 0 Å². The molecule has 1 aromatic rings. The van der Waals surface area contributed by atoms with Crippen LogP contribution >= 0.6 is 11.3 Å². The topological polar surface area (TPSA) is 52.6 Å². The number of aliphatic imine (C=N–C) groups is 1. The van der Waals surface area contributed by atoms with E-state index in [1.807, 2.05) is 7.05 Å². The van der Waals surface area contributed by atoms with Crippen LogP contribution < -0.4 is 10.6 Å². The van der Waals surface area contributed by atoms with Gasteiger partial charge in [0.05, 0.1) is 17.2 Å². The normalized spacial score (nSPS) is 17.7. The Bertz CT molecular complexity index is 517. The number of rotatable bonds is 6. The number of nitrogens with one attached hydrogen (secondary N) is 2. The molecular weight excluding hydrogens is 306 g/mol. The average molecular weight is 338 g/mol. The zero-order valence-corrected chi connectivity index (χ0v) is 16.0. The summed E-state index contributed by atoms with van der Waals surface area (Å²) >= 11 is 1.75. The first kappa shape index (κ1) is 18.2. The molecule has 1 aliphatic rings. The summed E-state index contributed by atoms with van der Waals surface area (Å²) in [5.74, 6) is 1.52. The van der Waals surface area contributed by atoms with E-state index in [1.165, 1.54) is 30.8 Å². The fraction of sp³-hybridized carbons (Fsp3) is 0.765. The molecule has 130 valence electrons. The van der Waals surface area contributed by atoms with Crippen molar-refractivity contribution in [2.45, 2.75) is 53.1 Å². The summed E-state index contributed by atoms with van der Waals surface area (Å²) in [7, 11) is 1.83. The minimum absolute atomic E-state index is 0.573. The summed E-state index contributed by atoms with van der Waals surface area (Å²) in [6.07, 6.45) is 2.67. The quantitative estimate of drug-likeness (QED) is 0.619. The highest BCUT2D eigenvalue weighted by molar-refractivity contribution is 7.11. The highest BCUT2D eigenvalue weighted by Gasteiger charge is 2.24. The van der Waals surface area contributed by atoms with Crippen molar-refractivity contribution in [3.8, 4) is 0 Å². The van der Waals surface area contributed by atoms with E-state index in [4.69, 9.17) is 0 Å². The lowest BCUT2D eigenvalue weighted by Gasteiger charge is -2.31. The summed E-state index contributed by atoms with van der Waals surface area (Å²) in [6.45, 7) is 12.9. The molecule has 0 aliphatic carbocycles. The molecule has 1 unspecified atom stereocenters. The summed E-state index contributed by atoms with van der Waals surface area (Å²) in [6, 6.07) is 0.573. The molecule has 1 fully saturated rings. The molecule has 0 amide bonds. The number of guanidine groups is 1. The largest absolute Gasteiger partial charge is 0.355 e. The van der Waals surface area contributed by atoms with Crippen LogP contribution in [0.3, 0.4) is 0 Å². The minimum Gasteiger partial charge on any atom is -0.355 e. The molecule has 0 bridgehead atoms. The number of nitrogens with zero attached hydrogens (tertiary/aromatic N) is 3. The maximum Gasteiger partial charge on any atom is 0.191 e. The molecule has 5 nitrogen and oxygen atoms in total. The van der Waals surface area contributed by atoms with E-state index >= 15 is 0 Å². The molecule has 23 heavy (non-hydrogen) atoms. The maximum absolute atomic E-state index is 4.48. The van der Waals surface area contributed by atoms with Gasteiger partial charge in [-0.15, -0.1) is 11.3 Å². The van der Waals surface area contributed by atoms with E-state index in [9.17, 15) is 0 Å². The van der Waals surface area contributed by atoms with Crippen molar-refractivity contribution in [3.05, 3.63) is 15.6 Å². The number of hydrogen-bond donors (Lipinski definition) is 2. The molecule has 0 spiro atoms. The van der Waals surface area contributed by atoms with Gasteiger partial charge in [0.2, 0.25) is 0 Å². The highest BCUT2D eigenvalue weighted by Crippen LogP contribution is 2.18. The van der Waals surface area contributed by atoms with Gasteiger partial charge in [0.15, 0.2) is 5.96 Å². The number of likely N-dealkylation sites (tertiary alicyclic amines) is 1. The second kappa shape index (κ2) is 8.64. The summed E-state index contributed by atoms with van der Waals surface area (Å²) in [5.41, 5.74) is 1.12. The second-order valence-electron chi connectivity index (χ2n) is 6.60.